The first-order valence-electron chi connectivity index (χ1n) is 11.7. The van der Waals surface area contributed by atoms with Crippen molar-refractivity contribution in [1.29, 1.82) is 0 Å². The number of nitrogens with zero attached hydrogens (tertiary/aromatic N) is 3. The van der Waals surface area contributed by atoms with E-state index in [2.05, 4.69) is 10.5 Å². The standard InChI is InChI=1S/C27H32N4O3/c1-17(2)33-16-6-15-31-20(5)23(24(28-27(31)32)21-11-7-18(3)8-12-21)26-29-25(30-34-26)22-13-9-19(4)10-14-22/h7-14,17,24H,6,15-16H2,1-5H3,(H,28,32). The van der Waals surface area contributed by atoms with Crippen molar-refractivity contribution >= 4 is 11.6 Å². The zero-order valence-electron chi connectivity index (χ0n) is 20.5. The van der Waals surface area contributed by atoms with Crippen LogP contribution in [0.2, 0.25) is 0 Å². The van der Waals surface area contributed by atoms with Gasteiger partial charge in [0.05, 0.1) is 17.7 Å². The lowest BCUT2D eigenvalue weighted by Gasteiger charge is -2.35. The molecule has 3 aromatic rings. The van der Waals surface area contributed by atoms with Crippen LogP contribution in [-0.2, 0) is 4.74 Å². The minimum atomic E-state index is -0.386. The molecule has 1 unspecified atom stereocenters. The molecular weight excluding hydrogens is 428 g/mol. The van der Waals surface area contributed by atoms with E-state index in [0.29, 0.717) is 24.9 Å². The van der Waals surface area contributed by atoms with Crippen LogP contribution in [0.1, 0.15) is 55.8 Å². The molecule has 1 atom stereocenters. The second-order valence-electron chi connectivity index (χ2n) is 9.01. The Kier molecular flexibility index (Phi) is 7.12. The molecule has 1 N–H and O–H groups in total. The van der Waals surface area contributed by atoms with Crippen LogP contribution < -0.4 is 5.32 Å². The Morgan fingerprint density at radius 2 is 1.68 bits per heavy atom. The van der Waals surface area contributed by atoms with E-state index in [1.807, 2.05) is 83.1 Å². The number of hydrogen-bond donors (Lipinski definition) is 1. The van der Waals surface area contributed by atoms with Gasteiger partial charge in [-0.2, -0.15) is 4.98 Å². The summed E-state index contributed by atoms with van der Waals surface area (Å²) in [6.07, 6.45) is 0.885. The van der Waals surface area contributed by atoms with Crippen molar-refractivity contribution < 1.29 is 14.1 Å². The maximum absolute atomic E-state index is 13.1. The first-order valence-corrected chi connectivity index (χ1v) is 11.7. The van der Waals surface area contributed by atoms with Gasteiger partial charge in [0, 0.05) is 24.4 Å². The molecule has 0 saturated carbocycles. The highest BCUT2D eigenvalue weighted by molar-refractivity contribution is 5.86. The second-order valence-corrected chi connectivity index (χ2v) is 9.01. The van der Waals surface area contributed by atoms with E-state index in [-0.39, 0.29) is 18.2 Å². The summed E-state index contributed by atoms with van der Waals surface area (Å²) in [5, 5.41) is 7.38. The number of allylic oxidation sites excluding steroid dienone is 1. The van der Waals surface area contributed by atoms with E-state index >= 15 is 0 Å². The molecule has 1 aromatic heterocycles. The Morgan fingerprint density at radius 3 is 2.32 bits per heavy atom. The predicted molar refractivity (Wildman–Crippen MR) is 132 cm³/mol. The Labute approximate surface area is 200 Å². The topological polar surface area (TPSA) is 80.5 Å². The average molecular weight is 461 g/mol. The highest BCUT2D eigenvalue weighted by Crippen LogP contribution is 2.37. The van der Waals surface area contributed by atoms with Gasteiger partial charge in [0.2, 0.25) is 5.82 Å². The summed E-state index contributed by atoms with van der Waals surface area (Å²) >= 11 is 0. The highest BCUT2D eigenvalue weighted by atomic mass is 16.5. The van der Waals surface area contributed by atoms with Gasteiger partial charge in [0.1, 0.15) is 0 Å². The number of ether oxygens (including phenoxy) is 1. The third-order valence-corrected chi connectivity index (χ3v) is 5.95. The van der Waals surface area contributed by atoms with Gasteiger partial charge in [-0.05, 0) is 46.6 Å². The molecule has 0 spiro atoms. The number of carbonyl (C=O) groups excluding carboxylic acids is 1. The van der Waals surface area contributed by atoms with Gasteiger partial charge in [-0.3, -0.25) is 4.90 Å². The van der Waals surface area contributed by atoms with E-state index in [1.165, 1.54) is 0 Å². The van der Waals surface area contributed by atoms with Gasteiger partial charge in [-0.15, -0.1) is 0 Å². The van der Waals surface area contributed by atoms with Crippen LogP contribution in [0.3, 0.4) is 0 Å². The number of hydrogen-bond acceptors (Lipinski definition) is 5. The molecule has 0 bridgehead atoms. The van der Waals surface area contributed by atoms with Crippen LogP contribution >= 0.6 is 0 Å². The van der Waals surface area contributed by atoms with Gasteiger partial charge >= 0.3 is 6.03 Å². The van der Waals surface area contributed by atoms with Gasteiger partial charge in [0.15, 0.2) is 0 Å². The molecule has 2 amide bonds. The molecule has 7 heteroatoms. The monoisotopic (exact) mass is 460 g/mol. The molecule has 2 aromatic carbocycles. The van der Waals surface area contributed by atoms with E-state index < -0.39 is 0 Å². The van der Waals surface area contributed by atoms with Gasteiger partial charge in [-0.25, -0.2) is 4.79 Å². The quantitative estimate of drug-likeness (QED) is 0.438. The number of urea groups is 1. The molecule has 1 aliphatic rings. The molecule has 1 aliphatic heterocycles. The van der Waals surface area contributed by atoms with Gasteiger partial charge in [0.25, 0.3) is 5.89 Å². The van der Waals surface area contributed by atoms with Crippen LogP contribution in [0.4, 0.5) is 4.79 Å². The maximum Gasteiger partial charge on any atom is 0.322 e. The zero-order chi connectivity index (χ0) is 24.2. The molecule has 7 nitrogen and oxygen atoms in total. The summed E-state index contributed by atoms with van der Waals surface area (Å²) in [5.41, 5.74) is 5.77. The highest BCUT2D eigenvalue weighted by Gasteiger charge is 2.35. The van der Waals surface area contributed by atoms with Gasteiger partial charge in [-0.1, -0.05) is 64.8 Å². The Morgan fingerprint density at radius 1 is 1.03 bits per heavy atom. The Bertz CT molecular complexity index is 1160. The summed E-state index contributed by atoms with van der Waals surface area (Å²) in [6.45, 7) is 11.1. The lowest BCUT2D eigenvalue weighted by atomic mass is 9.94. The van der Waals surface area contributed by atoms with Crippen LogP contribution in [0.25, 0.3) is 17.0 Å². The van der Waals surface area contributed by atoms with E-state index in [1.54, 1.807) is 4.90 Å². The number of aromatic nitrogens is 2. The lowest BCUT2D eigenvalue weighted by Crippen LogP contribution is -2.46. The summed E-state index contributed by atoms with van der Waals surface area (Å²) in [7, 11) is 0. The number of aryl methyl sites for hydroxylation is 2. The van der Waals surface area contributed by atoms with E-state index in [9.17, 15) is 4.79 Å². The second kappa shape index (κ2) is 10.2. The summed E-state index contributed by atoms with van der Waals surface area (Å²) in [5.74, 6) is 0.925. The third kappa shape index (κ3) is 5.20. The van der Waals surface area contributed by atoms with Crippen molar-refractivity contribution in [3.8, 4) is 11.4 Å². The predicted octanol–water partition coefficient (Wildman–Crippen LogP) is 5.67. The molecule has 2 heterocycles. The molecular formula is C27H32N4O3. The van der Waals surface area contributed by atoms with E-state index in [4.69, 9.17) is 14.2 Å². The van der Waals surface area contributed by atoms with E-state index in [0.717, 1.165) is 39.9 Å². The smallest absolute Gasteiger partial charge is 0.322 e. The molecule has 178 valence electrons. The summed E-state index contributed by atoms with van der Waals surface area (Å²) in [6, 6.07) is 15.6. The molecule has 34 heavy (non-hydrogen) atoms. The SMILES string of the molecule is CC1=C(c2nc(-c3ccc(C)cc3)no2)C(c2ccc(C)cc2)NC(=O)N1CCCOC(C)C. The molecule has 0 saturated heterocycles. The first kappa shape index (κ1) is 23.7. The molecule has 0 fully saturated rings. The molecule has 0 radical (unpaired) electrons. The lowest BCUT2D eigenvalue weighted by molar-refractivity contribution is 0.0736. The van der Waals surface area contributed by atoms with Crippen molar-refractivity contribution in [2.45, 2.75) is 53.2 Å². The number of amides is 2. The van der Waals surface area contributed by atoms with Crippen LogP contribution in [0, 0.1) is 13.8 Å². The molecule has 4 rings (SSSR count). The average Bonchev–Trinajstić information content (AvgIpc) is 3.28. The fourth-order valence-electron chi connectivity index (χ4n) is 4.03. The summed E-state index contributed by atoms with van der Waals surface area (Å²) in [4.78, 5) is 19.5. The van der Waals surface area contributed by atoms with Crippen molar-refractivity contribution in [3.05, 3.63) is 76.8 Å². The normalized spacial score (nSPS) is 16.4. The minimum Gasteiger partial charge on any atom is -0.379 e. The Hall–Kier alpha value is -3.45. The van der Waals surface area contributed by atoms with Crippen molar-refractivity contribution in [3.63, 3.8) is 0 Å². The van der Waals surface area contributed by atoms with Crippen molar-refractivity contribution in [2.75, 3.05) is 13.2 Å². The largest absolute Gasteiger partial charge is 0.379 e. The van der Waals surface area contributed by atoms with Crippen LogP contribution in [0.15, 0.2) is 58.8 Å². The number of benzene rings is 2. The first-order chi connectivity index (χ1) is 16.3. The maximum atomic E-state index is 13.1. The number of rotatable bonds is 8. The van der Waals surface area contributed by atoms with Crippen LogP contribution in [0.5, 0.6) is 0 Å². The Balaban J connectivity index is 1.70. The van der Waals surface area contributed by atoms with Crippen LogP contribution in [-0.4, -0.2) is 40.3 Å². The molecule has 0 aliphatic carbocycles. The fraction of sp³-hybridized carbons (Fsp3) is 0.370. The fourth-order valence-corrected chi connectivity index (χ4v) is 4.03. The van der Waals surface area contributed by atoms with Gasteiger partial charge < -0.3 is 14.6 Å². The third-order valence-electron chi connectivity index (χ3n) is 5.95. The number of nitrogens with one attached hydrogen (secondary N) is 1. The minimum absolute atomic E-state index is 0.144. The van der Waals surface area contributed by atoms with Crippen molar-refractivity contribution in [1.82, 2.24) is 20.4 Å². The number of carbonyl (C=O) groups is 1. The summed E-state index contributed by atoms with van der Waals surface area (Å²) < 4.78 is 11.4. The zero-order valence-corrected chi connectivity index (χ0v) is 20.5. The van der Waals surface area contributed by atoms with Crippen molar-refractivity contribution in [2.24, 2.45) is 0 Å².